The van der Waals surface area contributed by atoms with Crippen LogP contribution in [0.4, 0.5) is 0 Å². The molecule has 5 heteroatoms. The van der Waals surface area contributed by atoms with Crippen LogP contribution in [0.5, 0.6) is 0 Å². The lowest BCUT2D eigenvalue weighted by molar-refractivity contribution is -0.151. The summed E-state index contributed by atoms with van der Waals surface area (Å²) >= 11 is 0. The molecule has 0 radical (unpaired) electrons. The first-order valence-corrected chi connectivity index (χ1v) is 9.43. The van der Waals surface area contributed by atoms with Gasteiger partial charge in [-0.15, -0.1) is 0 Å². The zero-order valence-corrected chi connectivity index (χ0v) is 15.2. The zero-order valence-electron chi connectivity index (χ0n) is 15.2. The molecule has 2 aliphatic heterocycles. The first-order valence-electron chi connectivity index (χ1n) is 9.43. The lowest BCUT2D eigenvalue weighted by Crippen LogP contribution is -2.48. The van der Waals surface area contributed by atoms with Gasteiger partial charge in [-0.3, -0.25) is 4.79 Å². The predicted molar refractivity (Wildman–Crippen MR) is 99.8 cm³/mol. The molecule has 1 atom stereocenters. The van der Waals surface area contributed by atoms with Crippen molar-refractivity contribution in [2.45, 2.75) is 45.1 Å². The molecular formula is C22H23NO4. The predicted octanol–water partition coefficient (Wildman–Crippen LogP) is 3.45. The molecule has 0 bridgehead atoms. The van der Waals surface area contributed by atoms with Gasteiger partial charge in [0.2, 0.25) is 0 Å². The number of fused-ring (bicyclic) bond motifs is 1. The molecule has 0 aromatic heterocycles. The number of piperidine rings is 1. The summed E-state index contributed by atoms with van der Waals surface area (Å²) < 4.78 is 11.0. The minimum atomic E-state index is -0.510. The van der Waals surface area contributed by atoms with E-state index in [4.69, 9.17) is 9.47 Å². The van der Waals surface area contributed by atoms with Gasteiger partial charge in [-0.1, -0.05) is 30.3 Å². The molecule has 0 N–H and O–H groups in total. The molecule has 0 saturated carbocycles. The number of ether oxygens (including phenoxy) is 2. The maximum absolute atomic E-state index is 12.8. The van der Waals surface area contributed by atoms with Gasteiger partial charge in [0.05, 0.1) is 13.2 Å². The molecule has 0 spiro atoms. The van der Waals surface area contributed by atoms with E-state index in [9.17, 15) is 9.59 Å². The molecule has 140 valence electrons. The Morgan fingerprint density at radius 2 is 1.85 bits per heavy atom. The molecule has 0 aliphatic carbocycles. The van der Waals surface area contributed by atoms with Crippen molar-refractivity contribution >= 4 is 11.9 Å². The second-order valence-corrected chi connectivity index (χ2v) is 7.08. The van der Waals surface area contributed by atoms with E-state index in [2.05, 4.69) is 0 Å². The lowest BCUT2D eigenvalue weighted by atomic mass is 10.0. The van der Waals surface area contributed by atoms with Crippen LogP contribution in [0.15, 0.2) is 48.5 Å². The Labute approximate surface area is 158 Å². The fourth-order valence-corrected chi connectivity index (χ4v) is 3.73. The highest BCUT2D eigenvalue weighted by atomic mass is 16.5. The molecule has 1 fully saturated rings. The molecule has 2 heterocycles. The second-order valence-electron chi connectivity index (χ2n) is 7.08. The topological polar surface area (TPSA) is 55.8 Å². The Balaban J connectivity index is 1.42. The summed E-state index contributed by atoms with van der Waals surface area (Å²) in [5.74, 6) is -0.428. The van der Waals surface area contributed by atoms with Gasteiger partial charge in [-0.05, 0) is 54.2 Å². The van der Waals surface area contributed by atoms with Crippen molar-refractivity contribution < 1.29 is 19.1 Å². The van der Waals surface area contributed by atoms with Crippen molar-refractivity contribution in [2.75, 3.05) is 6.54 Å². The average molecular weight is 365 g/mol. The van der Waals surface area contributed by atoms with E-state index < -0.39 is 6.04 Å². The SMILES string of the molecule is O=C(OCc1ccc2c(c1)COC2)C1CCCCN1C(=O)c1ccccc1. The Bertz CT molecular complexity index is 833. The van der Waals surface area contributed by atoms with Crippen molar-refractivity contribution in [3.8, 4) is 0 Å². The van der Waals surface area contributed by atoms with E-state index in [-0.39, 0.29) is 18.5 Å². The van der Waals surface area contributed by atoms with Crippen molar-refractivity contribution in [1.82, 2.24) is 4.90 Å². The Morgan fingerprint density at radius 3 is 2.70 bits per heavy atom. The van der Waals surface area contributed by atoms with E-state index in [1.165, 1.54) is 5.56 Å². The first kappa shape index (κ1) is 17.7. The highest BCUT2D eigenvalue weighted by Gasteiger charge is 2.33. The van der Waals surface area contributed by atoms with Crippen molar-refractivity contribution in [3.63, 3.8) is 0 Å². The van der Waals surface area contributed by atoms with Crippen LogP contribution in [0, 0.1) is 0 Å². The number of carbonyl (C=O) groups excluding carboxylic acids is 2. The maximum atomic E-state index is 12.8. The molecule has 1 amide bonds. The molecule has 1 unspecified atom stereocenters. The number of nitrogens with zero attached hydrogens (tertiary/aromatic N) is 1. The molecule has 1 saturated heterocycles. The van der Waals surface area contributed by atoms with Gasteiger partial charge >= 0.3 is 5.97 Å². The summed E-state index contributed by atoms with van der Waals surface area (Å²) in [6.45, 7) is 2.06. The van der Waals surface area contributed by atoms with Crippen LogP contribution in [0.25, 0.3) is 0 Å². The minimum absolute atomic E-state index is 0.105. The van der Waals surface area contributed by atoms with E-state index in [0.29, 0.717) is 31.7 Å². The summed E-state index contributed by atoms with van der Waals surface area (Å²) in [5, 5.41) is 0. The normalized spacial score (nSPS) is 18.8. The van der Waals surface area contributed by atoms with Gasteiger partial charge < -0.3 is 14.4 Å². The van der Waals surface area contributed by atoms with Crippen LogP contribution in [0.1, 0.15) is 46.3 Å². The molecule has 5 nitrogen and oxygen atoms in total. The zero-order chi connectivity index (χ0) is 18.6. The van der Waals surface area contributed by atoms with Gasteiger partial charge in [0, 0.05) is 12.1 Å². The second kappa shape index (κ2) is 7.92. The number of esters is 1. The standard InChI is InChI=1S/C22H23NO4/c24-21(17-6-2-1-3-7-17)23-11-5-4-8-20(23)22(25)27-13-16-9-10-18-14-26-15-19(18)12-16/h1-3,6-7,9-10,12,20H,4-5,8,11,13-15H2. The van der Waals surface area contributed by atoms with Gasteiger partial charge in [0.15, 0.2) is 0 Å². The molecule has 2 aromatic rings. The van der Waals surface area contributed by atoms with E-state index >= 15 is 0 Å². The summed E-state index contributed by atoms with van der Waals surface area (Å²) in [6, 6.07) is 14.6. The molecular weight excluding hydrogens is 342 g/mol. The summed E-state index contributed by atoms with van der Waals surface area (Å²) in [7, 11) is 0. The van der Waals surface area contributed by atoms with E-state index in [1.807, 2.05) is 36.4 Å². The number of amides is 1. The third kappa shape index (κ3) is 3.88. The third-order valence-electron chi connectivity index (χ3n) is 5.22. The number of carbonyl (C=O) groups is 2. The van der Waals surface area contributed by atoms with E-state index in [1.54, 1.807) is 17.0 Å². The Morgan fingerprint density at radius 1 is 1.04 bits per heavy atom. The van der Waals surface area contributed by atoms with Gasteiger partial charge in [0.1, 0.15) is 12.6 Å². The van der Waals surface area contributed by atoms with Crippen LogP contribution >= 0.6 is 0 Å². The van der Waals surface area contributed by atoms with Crippen LogP contribution < -0.4 is 0 Å². The van der Waals surface area contributed by atoms with Crippen molar-refractivity contribution in [1.29, 1.82) is 0 Å². The number of hydrogen-bond acceptors (Lipinski definition) is 4. The van der Waals surface area contributed by atoms with Crippen molar-refractivity contribution in [2.24, 2.45) is 0 Å². The third-order valence-corrected chi connectivity index (χ3v) is 5.22. The van der Waals surface area contributed by atoms with E-state index in [0.717, 1.165) is 24.0 Å². The van der Waals surface area contributed by atoms with Gasteiger partial charge in [0.25, 0.3) is 5.91 Å². The minimum Gasteiger partial charge on any atom is -0.459 e. The van der Waals surface area contributed by atoms with Crippen LogP contribution in [0.3, 0.4) is 0 Å². The van der Waals surface area contributed by atoms with Crippen LogP contribution in [0.2, 0.25) is 0 Å². The quantitative estimate of drug-likeness (QED) is 0.779. The number of benzene rings is 2. The number of likely N-dealkylation sites (tertiary alicyclic amines) is 1. The first-order chi connectivity index (χ1) is 13.2. The Kier molecular flexibility index (Phi) is 5.21. The fourth-order valence-electron chi connectivity index (χ4n) is 3.73. The maximum Gasteiger partial charge on any atom is 0.329 e. The molecule has 2 aliphatic rings. The summed E-state index contributed by atoms with van der Waals surface area (Å²) in [6.07, 6.45) is 2.48. The highest BCUT2D eigenvalue weighted by molar-refractivity contribution is 5.96. The van der Waals surface area contributed by atoms with Crippen molar-refractivity contribution in [3.05, 3.63) is 70.8 Å². The number of rotatable bonds is 4. The highest BCUT2D eigenvalue weighted by Crippen LogP contribution is 2.23. The van der Waals surface area contributed by atoms with Gasteiger partial charge in [-0.25, -0.2) is 4.79 Å². The largest absolute Gasteiger partial charge is 0.459 e. The van der Waals surface area contributed by atoms with Gasteiger partial charge in [-0.2, -0.15) is 0 Å². The summed E-state index contributed by atoms with van der Waals surface area (Å²) in [4.78, 5) is 27.2. The monoisotopic (exact) mass is 365 g/mol. The Hall–Kier alpha value is -2.66. The number of hydrogen-bond donors (Lipinski definition) is 0. The fraction of sp³-hybridized carbons (Fsp3) is 0.364. The summed E-state index contributed by atoms with van der Waals surface area (Å²) in [5.41, 5.74) is 3.90. The van der Waals surface area contributed by atoms with Crippen LogP contribution in [-0.2, 0) is 34.1 Å². The van der Waals surface area contributed by atoms with Crippen LogP contribution in [-0.4, -0.2) is 29.4 Å². The lowest BCUT2D eigenvalue weighted by Gasteiger charge is -2.34. The smallest absolute Gasteiger partial charge is 0.329 e. The molecule has 4 rings (SSSR count). The molecule has 27 heavy (non-hydrogen) atoms. The average Bonchev–Trinajstić information content (AvgIpc) is 3.20. The molecule has 2 aromatic carbocycles.